The molecule has 2 N–H and O–H groups in total. The third kappa shape index (κ3) is 3.69. The second-order valence-corrected chi connectivity index (χ2v) is 7.63. The van der Waals surface area contributed by atoms with Crippen molar-refractivity contribution >= 4 is 22.2 Å². The van der Waals surface area contributed by atoms with E-state index in [9.17, 15) is 0 Å². The van der Waals surface area contributed by atoms with Gasteiger partial charge >= 0.3 is 0 Å². The van der Waals surface area contributed by atoms with Crippen LogP contribution >= 0.6 is 11.3 Å². The quantitative estimate of drug-likeness (QED) is 0.717. The molecule has 3 heterocycles. The van der Waals surface area contributed by atoms with Crippen LogP contribution < -0.4 is 5.32 Å². The van der Waals surface area contributed by atoms with Gasteiger partial charge in [0.15, 0.2) is 0 Å². The molecule has 1 aromatic carbocycles. The highest BCUT2D eigenvalue weighted by atomic mass is 32.1. The van der Waals surface area contributed by atoms with Crippen molar-refractivity contribution in [3.63, 3.8) is 0 Å². The van der Waals surface area contributed by atoms with Crippen molar-refractivity contribution in [2.45, 2.75) is 39.4 Å². The molecule has 0 unspecified atom stereocenters. The molecule has 3 aromatic rings. The lowest BCUT2D eigenvalue weighted by atomic mass is 10.1. The SMILES string of the molecule is Cc1csc(CNCc2ccc3[nH]c(CN4CCCC4)cc3c2)n1. The number of H-pyrrole nitrogens is 1. The van der Waals surface area contributed by atoms with Gasteiger partial charge in [-0.3, -0.25) is 4.90 Å². The van der Waals surface area contributed by atoms with Crippen LogP contribution in [0.1, 0.15) is 34.8 Å². The molecule has 1 saturated heterocycles. The molecule has 1 fully saturated rings. The topological polar surface area (TPSA) is 44.0 Å². The molecule has 0 bridgehead atoms. The molecule has 0 saturated carbocycles. The minimum Gasteiger partial charge on any atom is -0.357 e. The number of hydrogen-bond donors (Lipinski definition) is 2. The number of likely N-dealkylation sites (tertiary alicyclic amines) is 1. The highest BCUT2D eigenvalue weighted by molar-refractivity contribution is 7.09. The first-order chi connectivity index (χ1) is 11.8. The third-order valence-electron chi connectivity index (χ3n) is 4.61. The van der Waals surface area contributed by atoms with Gasteiger partial charge in [0.2, 0.25) is 0 Å². The number of hydrogen-bond acceptors (Lipinski definition) is 4. The molecule has 24 heavy (non-hydrogen) atoms. The normalized spacial score (nSPS) is 15.5. The van der Waals surface area contributed by atoms with Gasteiger partial charge in [0.1, 0.15) is 5.01 Å². The van der Waals surface area contributed by atoms with Crippen molar-refractivity contribution in [1.82, 2.24) is 20.2 Å². The van der Waals surface area contributed by atoms with Gasteiger partial charge in [0.25, 0.3) is 0 Å². The van der Waals surface area contributed by atoms with Crippen molar-refractivity contribution in [3.8, 4) is 0 Å². The molecule has 1 aliphatic heterocycles. The average Bonchev–Trinajstić information content (AvgIpc) is 3.29. The number of fused-ring (bicyclic) bond motifs is 1. The molecular formula is C19H24N4S. The van der Waals surface area contributed by atoms with Crippen LogP contribution in [-0.2, 0) is 19.6 Å². The zero-order chi connectivity index (χ0) is 16.4. The average molecular weight is 340 g/mol. The fourth-order valence-electron chi connectivity index (χ4n) is 3.42. The maximum absolute atomic E-state index is 4.49. The van der Waals surface area contributed by atoms with Gasteiger partial charge in [-0.05, 0) is 56.6 Å². The van der Waals surface area contributed by atoms with Crippen molar-refractivity contribution < 1.29 is 0 Å². The van der Waals surface area contributed by atoms with Crippen LogP contribution in [0.3, 0.4) is 0 Å². The molecule has 0 spiro atoms. The number of nitrogens with zero attached hydrogens (tertiary/aromatic N) is 2. The smallest absolute Gasteiger partial charge is 0.107 e. The van der Waals surface area contributed by atoms with Crippen LogP contribution in [-0.4, -0.2) is 28.0 Å². The van der Waals surface area contributed by atoms with Crippen molar-refractivity contribution in [3.05, 3.63) is 51.6 Å². The Morgan fingerprint density at radius 2 is 2.08 bits per heavy atom. The Bertz CT molecular complexity index is 814. The van der Waals surface area contributed by atoms with Gasteiger partial charge in [0.05, 0.1) is 0 Å². The Kier molecular flexibility index (Phi) is 4.65. The fraction of sp³-hybridized carbons (Fsp3) is 0.421. The highest BCUT2D eigenvalue weighted by Crippen LogP contribution is 2.20. The maximum Gasteiger partial charge on any atom is 0.107 e. The number of thiazole rings is 1. The number of benzene rings is 1. The summed E-state index contributed by atoms with van der Waals surface area (Å²) in [5.41, 5.74) is 5.00. The summed E-state index contributed by atoms with van der Waals surface area (Å²) in [6.45, 7) is 7.28. The summed E-state index contributed by atoms with van der Waals surface area (Å²) in [4.78, 5) is 10.6. The Hall–Kier alpha value is -1.69. The molecule has 0 amide bonds. The highest BCUT2D eigenvalue weighted by Gasteiger charge is 2.13. The molecule has 0 aliphatic carbocycles. The van der Waals surface area contributed by atoms with Crippen LogP contribution in [0.2, 0.25) is 0 Å². The van der Waals surface area contributed by atoms with Crippen molar-refractivity contribution in [2.24, 2.45) is 0 Å². The number of nitrogens with one attached hydrogen (secondary N) is 2. The van der Waals surface area contributed by atoms with E-state index < -0.39 is 0 Å². The van der Waals surface area contributed by atoms with E-state index in [-0.39, 0.29) is 0 Å². The Balaban J connectivity index is 1.38. The van der Waals surface area contributed by atoms with E-state index in [1.54, 1.807) is 11.3 Å². The van der Waals surface area contributed by atoms with E-state index in [4.69, 9.17) is 0 Å². The van der Waals surface area contributed by atoms with Crippen molar-refractivity contribution in [1.29, 1.82) is 0 Å². The van der Waals surface area contributed by atoms with Gasteiger partial charge in [-0.2, -0.15) is 0 Å². The lowest BCUT2D eigenvalue weighted by Crippen LogP contribution is -2.18. The molecule has 4 nitrogen and oxygen atoms in total. The van der Waals surface area contributed by atoms with E-state index >= 15 is 0 Å². The monoisotopic (exact) mass is 340 g/mol. The number of aromatic amines is 1. The number of aryl methyl sites for hydroxylation is 1. The summed E-state index contributed by atoms with van der Waals surface area (Å²) in [7, 11) is 0. The summed E-state index contributed by atoms with van der Waals surface area (Å²) < 4.78 is 0. The van der Waals surface area contributed by atoms with Gasteiger partial charge in [-0.25, -0.2) is 4.98 Å². The van der Waals surface area contributed by atoms with Crippen molar-refractivity contribution in [2.75, 3.05) is 13.1 Å². The first kappa shape index (κ1) is 15.8. The second-order valence-electron chi connectivity index (χ2n) is 6.69. The molecule has 0 radical (unpaired) electrons. The summed E-state index contributed by atoms with van der Waals surface area (Å²) >= 11 is 1.72. The predicted octanol–water partition coefficient (Wildman–Crippen LogP) is 3.82. The van der Waals surface area contributed by atoms with E-state index in [2.05, 4.69) is 49.8 Å². The van der Waals surface area contributed by atoms with Crippen LogP contribution in [0, 0.1) is 6.92 Å². The Morgan fingerprint density at radius 3 is 2.88 bits per heavy atom. The predicted molar refractivity (Wildman–Crippen MR) is 100 cm³/mol. The molecule has 1 aliphatic rings. The molecule has 4 rings (SSSR count). The van der Waals surface area contributed by atoms with Crippen LogP contribution in [0.5, 0.6) is 0 Å². The van der Waals surface area contributed by atoms with Gasteiger partial charge < -0.3 is 10.3 Å². The fourth-order valence-corrected chi connectivity index (χ4v) is 4.16. The van der Waals surface area contributed by atoms with E-state index in [1.165, 1.54) is 48.1 Å². The summed E-state index contributed by atoms with van der Waals surface area (Å²) in [5.74, 6) is 0. The molecule has 2 aromatic heterocycles. The van der Waals surface area contributed by atoms with Crippen LogP contribution in [0.4, 0.5) is 0 Å². The van der Waals surface area contributed by atoms with E-state index in [0.717, 1.165) is 30.3 Å². The zero-order valence-electron chi connectivity index (χ0n) is 14.1. The number of rotatable bonds is 6. The standard InChI is InChI=1S/C19H24N4S/c1-14-13-24-19(21-14)11-20-10-15-4-5-18-16(8-15)9-17(22-18)12-23-6-2-3-7-23/h4-5,8-9,13,20,22H,2-3,6-7,10-12H2,1H3. The lowest BCUT2D eigenvalue weighted by molar-refractivity contribution is 0.328. The second kappa shape index (κ2) is 7.05. The largest absolute Gasteiger partial charge is 0.357 e. The minimum absolute atomic E-state index is 0.837. The van der Waals surface area contributed by atoms with E-state index in [1.807, 2.05) is 6.92 Å². The summed E-state index contributed by atoms with van der Waals surface area (Å²) in [6, 6.07) is 9.01. The summed E-state index contributed by atoms with van der Waals surface area (Å²) in [6.07, 6.45) is 2.68. The lowest BCUT2D eigenvalue weighted by Gasteiger charge is -2.12. The maximum atomic E-state index is 4.49. The van der Waals surface area contributed by atoms with Gasteiger partial charge in [-0.15, -0.1) is 11.3 Å². The van der Waals surface area contributed by atoms with Gasteiger partial charge in [0, 0.05) is 47.3 Å². The third-order valence-corrected chi connectivity index (χ3v) is 5.57. The van der Waals surface area contributed by atoms with Gasteiger partial charge in [-0.1, -0.05) is 6.07 Å². The molecule has 126 valence electrons. The molecule has 5 heteroatoms. The molecular weight excluding hydrogens is 316 g/mol. The van der Waals surface area contributed by atoms with Crippen LogP contribution in [0.15, 0.2) is 29.6 Å². The van der Waals surface area contributed by atoms with Crippen LogP contribution in [0.25, 0.3) is 10.9 Å². The molecule has 0 atom stereocenters. The summed E-state index contributed by atoms with van der Waals surface area (Å²) in [5, 5.41) is 8.06. The zero-order valence-corrected chi connectivity index (χ0v) is 15.0. The Morgan fingerprint density at radius 1 is 1.21 bits per heavy atom. The minimum atomic E-state index is 0.837. The first-order valence-electron chi connectivity index (χ1n) is 8.71. The number of aromatic nitrogens is 2. The Labute approximate surface area is 146 Å². The first-order valence-corrected chi connectivity index (χ1v) is 9.59. The van der Waals surface area contributed by atoms with E-state index in [0.29, 0.717) is 0 Å².